The minimum atomic E-state index is -0.639. The quantitative estimate of drug-likeness (QED) is 0.602. The fourth-order valence-electron chi connectivity index (χ4n) is 1.73. The summed E-state index contributed by atoms with van der Waals surface area (Å²) in [5.74, 6) is -0.468. The van der Waals surface area contributed by atoms with Gasteiger partial charge in [-0.2, -0.15) is 0 Å². The first-order valence-electron chi connectivity index (χ1n) is 5.25. The number of carbonyl (C=O) groups is 1. The van der Waals surface area contributed by atoms with E-state index in [2.05, 4.69) is 0 Å². The van der Waals surface area contributed by atoms with E-state index in [0.717, 1.165) is 9.13 Å². The van der Waals surface area contributed by atoms with Crippen LogP contribution in [0.25, 0.3) is 0 Å². The molecule has 96 valence electrons. The van der Waals surface area contributed by atoms with E-state index in [0.29, 0.717) is 0 Å². The zero-order valence-corrected chi connectivity index (χ0v) is 10.6. The molecule has 1 aromatic rings. The van der Waals surface area contributed by atoms with E-state index in [-0.39, 0.29) is 17.2 Å². The van der Waals surface area contributed by atoms with Crippen LogP contribution in [0.15, 0.2) is 21.5 Å². The summed E-state index contributed by atoms with van der Waals surface area (Å²) >= 11 is 0. The number of Topliss-reactive ketones (excluding diaryl/α,β-unsaturated/α-hetero) is 1. The van der Waals surface area contributed by atoms with E-state index in [1.54, 1.807) is 19.0 Å². The summed E-state index contributed by atoms with van der Waals surface area (Å²) in [5, 5.41) is 0. The van der Waals surface area contributed by atoms with Crippen LogP contribution in [0.2, 0.25) is 0 Å². The Balaban J connectivity index is 2.75. The fourth-order valence-corrected chi connectivity index (χ4v) is 1.73. The van der Waals surface area contributed by atoms with E-state index in [1.165, 1.54) is 20.3 Å². The number of allylic oxidation sites excluding steroid dienone is 1. The van der Waals surface area contributed by atoms with Crippen molar-refractivity contribution in [3.8, 4) is 5.88 Å². The lowest BCUT2D eigenvalue weighted by molar-refractivity contribution is 0.101. The van der Waals surface area contributed by atoms with Crippen molar-refractivity contribution in [2.45, 2.75) is 0 Å². The molecule has 0 saturated carbocycles. The first-order valence-corrected chi connectivity index (χ1v) is 5.25. The molecular weight excluding hydrogens is 238 g/mol. The highest BCUT2D eigenvalue weighted by molar-refractivity contribution is 6.11. The molecule has 0 aliphatic carbocycles. The molecule has 0 spiro atoms. The molecule has 7 nitrogen and oxygen atoms in total. The number of nitrogens with zero attached hydrogens (tertiary/aromatic N) is 3. The molecule has 0 bridgehead atoms. The molecule has 0 aromatic carbocycles. The number of aromatic nitrogens is 2. The van der Waals surface area contributed by atoms with Gasteiger partial charge in [-0.15, -0.1) is 0 Å². The number of fused-ring (bicyclic) bond motifs is 1. The first kappa shape index (κ1) is 12.2. The Kier molecular flexibility index (Phi) is 2.61. The monoisotopic (exact) mass is 251 g/mol. The molecule has 1 aromatic heterocycles. The lowest BCUT2D eigenvalue weighted by Crippen LogP contribution is -2.38. The van der Waals surface area contributed by atoms with Crippen LogP contribution in [0.1, 0.15) is 10.4 Å². The molecule has 2 rings (SSSR count). The third kappa shape index (κ3) is 1.55. The van der Waals surface area contributed by atoms with Crippen molar-refractivity contribution < 1.29 is 9.53 Å². The summed E-state index contributed by atoms with van der Waals surface area (Å²) in [7, 11) is 6.23. The fraction of sp³-hybridized carbons (Fsp3) is 0.364. The normalized spacial score (nSPS) is 15.8. The molecule has 18 heavy (non-hydrogen) atoms. The van der Waals surface area contributed by atoms with Crippen molar-refractivity contribution in [3.63, 3.8) is 0 Å². The zero-order chi connectivity index (χ0) is 13.6. The van der Waals surface area contributed by atoms with Crippen LogP contribution in [-0.4, -0.2) is 33.9 Å². The van der Waals surface area contributed by atoms with Gasteiger partial charge in [0.1, 0.15) is 0 Å². The van der Waals surface area contributed by atoms with E-state index in [1.807, 2.05) is 0 Å². The van der Waals surface area contributed by atoms with Gasteiger partial charge in [0.2, 0.25) is 11.7 Å². The van der Waals surface area contributed by atoms with Crippen LogP contribution in [0, 0.1) is 0 Å². The van der Waals surface area contributed by atoms with E-state index in [4.69, 9.17) is 4.74 Å². The Morgan fingerprint density at radius 2 is 1.72 bits per heavy atom. The number of rotatable bonds is 1. The average molecular weight is 251 g/mol. The molecule has 0 unspecified atom stereocenters. The number of hydrogen-bond donors (Lipinski definition) is 0. The Labute approximate surface area is 103 Å². The molecule has 0 fully saturated rings. The lowest BCUT2D eigenvalue weighted by atomic mass is 10.2. The minimum absolute atomic E-state index is 0.00111. The minimum Gasteiger partial charge on any atom is -0.434 e. The maximum Gasteiger partial charge on any atom is 0.333 e. The van der Waals surface area contributed by atoms with Gasteiger partial charge in [-0.25, -0.2) is 4.79 Å². The molecule has 1 aliphatic heterocycles. The molecule has 7 heteroatoms. The second-order valence-electron chi connectivity index (χ2n) is 4.27. The van der Waals surface area contributed by atoms with Crippen LogP contribution in [0.3, 0.4) is 0 Å². The Hall–Kier alpha value is -2.31. The third-order valence-electron chi connectivity index (χ3n) is 2.64. The van der Waals surface area contributed by atoms with Gasteiger partial charge >= 0.3 is 5.69 Å². The largest absolute Gasteiger partial charge is 0.434 e. The van der Waals surface area contributed by atoms with Gasteiger partial charge < -0.3 is 9.64 Å². The van der Waals surface area contributed by atoms with Gasteiger partial charge in [0, 0.05) is 34.4 Å². The van der Waals surface area contributed by atoms with Crippen molar-refractivity contribution in [2.75, 3.05) is 14.1 Å². The first-order chi connectivity index (χ1) is 8.34. The predicted molar refractivity (Wildman–Crippen MR) is 63.7 cm³/mol. The van der Waals surface area contributed by atoms with Gasteiger partial charge in [-0.05, 0) is 0 Å². The van der Waals surface area contributed by atoms with Crippen LogP contribution in [0.4, 0.5) is 0 Å². The molecule has 1 aliphatic rings. The van der Waals surface area contributed by atoms with E-state index in [9.17, 15) is 14.4 Å². The third-order valence-corrected chi connectivity index (χ3v) is 2.64. The summed E-state index contributed by atoms with van der Waals surface area (Å²) < 4.78 is 7.33. The number of ketones is 1. The molecule has 0 N–H and O–H groups in total. The Bertz CT molecular complexity index is 679. The highest BCUT2D eigenvalue weighted by atomic mass is 16.5. The van der Waals surface area contributed by atoms with E-state index < -0.39 is 17.0 Å². The van der Waals surface area contributed by atoms with E-state index >= 15 is 0 Å². The average Bonchev–Trinajstić information content (AvgIpc) is 2.61. The van der Waals surface area contributed by atoms with Crippen molar-refractivity contribution in [3.05, 3.63) is 38.4 Å². The maximum atomic E-state index is 12.0. The summed E-state index contributed by atoms with van der Waals surface area (Å²) in [6, 6.07) is 0. The second-order valence-corrected chi connectivity index (χ2v) is 4.27. The zero-order valence-electron chi connectivity index (χ0n) is 10.6. The van der Waals surface area contributed by atoms with Crippen LogP contribution >= 0.6 is 0 Å². The lowest BCUT2D eigenvalue weighted by Gasteiger charge is -2.07. The summed E-state index contributed by atoms with van der Waals surface area (Å²) in [4.78, 5) is 37.2. The predicted octanol–water partition coefficient (Wildman–Crippen LogP) is -0.938. The number of ether oxygens (including phenoxy) is 1. The Morgan fingerprint density at radius 1 is 1.11 bits per heavy atom. The van der Waals surface area contributed by atoms with Gasteiger partial charge in [-0.3, -0.25) is 18.7 Å². The maximum absolute atomic E-state index is 12.0. The van der Waals surface area contributed by atoms with Crippen molar-refractivity contribution in [1.29, 1.82) is 0 Å². The van der Waals surface area contributed by atoms with Gasteiger partial charge in [0.15, 0.2) is 11.3 Å². The molecule has 0 saturated heterocycles. The highest BCUT2D eigenvalue weighted by Crippen LogP contribution is 2.26. The topological polar surface area (TPSA) is 73.5 Å². The van der Waals surface area contributed by atoms with Crippen molar-refractivity contribution in [2.24, 2.45) is 14.1 Å². The second kappa shape index (κ2) is 3.86. The smallest absolute Gasteiger partial charge is 0.333 e. The van der Waals surface area contributed by atoms with Crippen LogP contribution < -0.4 is 16.0 Å². The van der Waals surface area contributed by atoms with Gasteiger partial charge in [0.25, 0.3) is 5.56 Å². The number of carbonyl (C=O) groups excluding carboxylic acids is 1. The van der Waals surface area contributed by atoms with Crippen molar-refractivity contribution in [1.82, 2.24) is 14.0 Å². The summed E-state index contributed by atoms with van der Waals surface area (Å²) in [6.45, 7) is 0. The van der Waals surface area contributed by atoms with Gasteiger partial charge in [-0.1, -0.05) is 0 Å². The molecular formula is C11H13N3O4. The highest BCUT2D eigenvalue weighted by Gasteiger charge is 2.34. The molecule has 2 heterocycles. The summed E-state index contributed by atoms with van der Waals surface area (Å²) in [6.07, 6.45) is 1.46. The van der Waals surface area contributed by atoms with Gasteiger partial charge in [0.05, 0.1) is 0 Å². The standard InChI is InChI=1S/C11H13N3O4/c1-12(2)5-6-8(15)7-9(16)13(3)11(17)14(4)10(7)18-6/h5H,1-4H3. The van der Waals surface area contributed by atoms with Crippen LogP contribution in [-0.2, 0) is 14.1 Å². The number of hydrogen-bond acceptors (Lipinski definition) is 5. The molecule has 0 amide bonds. The molecule has 0 radical (unpaired) electrons. The summed E-state index contributed by atoms with van der Waals surface area (Å²) in [5.41, 5.74) is -1.27. The SMILES string of the molecule is CN(C)C=C1Oc2c(c(=O)n(C)c(=O)n2C)C1=O. The Morgan fingerprint density at radius 3 is 2.28 bits per heavy atom. The van der Waals surface area contributed by atoms with Crippen LogP contribution in [0.5, 0.6) is 5.88 Å². The van der Waals surface area contributed by atoms with Crippen molar-refractivity contribution >= 4 is 5.78 Å². The molecule has 0 atom stereocenters.